The number of H-pyrrole nitrogens is 1. The van der Waals surface area contributed by atoms with Crippen molar-refractivity contribution in [3.8, 4) is 22.6 Å². The van der Waals surface area contributed by atoms with Crippen molar-refractivity contribution < 1.29 is 14.6 Å². The number of hydrogen-bond donors (Lipinski definition) is 2. The van der Waals surface area contributed by atoms with Crippen LogP contribution in [-0.4, -0.2) is 53.4 Å². The number of methoxy groups -OCH3 is 2. The van der Waals surface area contributed by atoms with Crippen LogP contribution in [0.4, 0.5) is 0 Å². The number of thiophene rings is 1. The third kappa shape index (κ3) is 6.46. The molecule has 2 heterocycles. The summed E-state index contributed by atoms with van der Waals surface area (Å²) in [5.41, 5.74) is 1.52. The second-order valence-electron chi connectivity index (χ2n) is 8.85. The van der Waals surface area contributed by atoms with Gasteiger partial charge < -0.3 is 19.6 Å². The van der Waals surface area contributed by atoms with E-state index in [1.807, 2.05) is 29.7 Å². The molecule has 0 radical (unpaired) electrons. The first-order valence-corrected chi connectivity index (χ1v) is 12.5. The number of benzene rings is 1. The van der Waals surface area contributed by atoms with Crippen molar-refractivity contribution in [2.24, 2.45) is 5.92 Å². The molecule has 184 valence electrons. The summed E-state index contributed by atoms with van der Waals surface area (Å²) in [7, 11) is 3.18. The molecule has 0 saturated carbocycles. The van der Waals surface area contributed by atoms with E-state index in [2.05, 4.69) is 30.3 Å². The number of hydrogen-bond acceptors (Lipinski definition) is 7. The predicted octanol–water partition coefficient (Wildman–Crippen LogP) is 4.84. The van der Waals surface area contributed by atoms with Crippen molar-refractivity contribution >= 4 is 21.6 Å². The molecule has 8 heteroatoms. The third-order valence-corrected chi connectivity index (χ3v) is 6.63. The highest BCUT2D eigenvalue weighted by atomic mass is 32.1. The van der Waals surface area contributed by atoms with Crippen LogP contribution < -0.4 is 15.0 Å². The molecule has 2 N–H and O–H groups in total. The van der Waals surface area contributed by atoms with Crippen LogP contribution in [0.2, 0.25) is 0 Å². The smallest absolute Gasteiger partial charge is 0.260 e. The highest BCUT2D eigenvalue weighted by Gasteiger charge is 2.18. The molecule has 34 heavy (non-hydrogen) atoms. The molecule has 1 aromatic carbocycles. The highest BCUT2D eigenvalue weighted by molar-refractivity contribution is 7.17. The summed E-state index contributed by atoms with van der Waals surface area (Å²) < 4.78 is 10.7. The van der Waals surface area contributed by atoms with E-state index in [1.165, 1.54) is 11.3 Å². The normalized spacial score (nSPS) is 12.4. The van der Waals surface area contributed by atoms with Crippen LogP contribution in [-0.2, 0) is 6.54 Å². The zero-order valence-electron chi connectivity index (χ0n) is 20.5. The zero-order valence-corrected chi connectivity index (χ0v) is 21.3. The fraction of sp³-hybridized carbons (Fsp3) is 0.462. The second kappa shape index (κ2) is 12.1. The van der Waals surface area contributed by atoms with Gasteiger partial charge in [-0.1, -0.05) is 26.0 Å². The number of fused-ring (bicyclic) bond motifs is 1. The minimum absolute atomic E-state index is 0.165. The standard InChI is InChI=1S/C26H35N3O4S/c1-6-7-8-19(30)14-29(12-11-17(2)3)15-23-27-25(31)24-20(16-34-26(24)28-23)18-9-10-21(32-4)22(13-18)33-5/h6,9-10,13,16-17,19,30H,1,7-8,11-12,14-15H2,2-5H3,(H,27,28,31)/t19-/m1/s1. The van der Waals surface area contributed by atoms with Crippen molar-refractivity contribution in [1.82, 2.24) is 14.9 Å². The Bertz CT molecular complexity index is 1150. The topological polar surface area (TPSA) is 87.7 Å². The monoisotopic (exact) mass is 485 g/mol. The summed E-state index contributed by atoms with van der Waals surface area (Å²) in [6.07, 6.45) is 3.82. The first kappa shape index (κ1) is 25.9. The summed E-state index contributed by atoms with van der Waals surface area (Å²) in [6.45, 7) is 9.93. The Labute approximate surface area is 205 Å². The fourth-order valence-electron chi connectivity index (χ4n) is 3.87. The number of aromatic nitrogens is 2. The van der Waals surface area contributed by atoms with Crippen LogP contribution in [0.5, 0.6) is 11.5 Å². The number of aromatic amines is 1. The van der Waals surface area contributed by atoms with Gasteiger partial charge in [-0.05, 0) is 49.4 Å². The Hall–Kier alpha value is -2.68. The molecule has 3 aromatic rings. The number of ether oxygens (including phenoxy) is 2. The van der Waals surface area contributed by atoms with E-state index >= 15 is 0 Å². The van der Waals surface area contributed by atoms with E-state index in [1.54, 1.807) is 14.2 Å². The maximum atomic E-state index is 13.1. The molecule has 0 aliphatic rings. The fourth-order valence-corrected chi connectivity index (χ4v) is 4.84. The Kier molecular flexibility index (Phi) is 9.27. The number of nitrogens with one attached hydrogen (secondary N) is 1. The van der Waals surface area contributed by atoms with Gasteiger partial charge in [0.2, 0.25) is 0 Å². The van der Waals surface area contributed by atoms with Gasteiger partial charge in [-0.25, -0.2) is 4.98 Å². The molecular formula is C26H35N3O4S. The quantitative estimate of drug-likeness (QED) is 0.337. The van der Waals surface area contributed by atoms with Gasteiger partial charge in [-0.2, -0.15) is 0 Å². The minimum atomic E-state index is -0.445. The Balaban J connectivity index is 1.88. The molecule has 2 aromatic heterocycles. The molecule has 0 spiro atoms. The van der Waals surface area contributed by atoms with Crippen LogP contribution in [0.25, 0.3) is 21.3 Å². The molecule has 0 aliphatic heterocycles. The SMILES string of the molecule is C=CCC[C@@H](O)CN(CCC(C)C)Cc1nc2scc(-c3ccc(OC)c(OC)c3)c2c(=O)[nH]1. The molecule has 1 atom stereocenters. The van der Waals surface area contributed by atoms with Gasteiger partial charge in [0.1, 0.15) is 10.7 Å². The van der Waals surface area contributed by atoms with E-state index in [9.17, 15) is 9.90 Å². The summed E-state index contributed by atoms with van der Waals surface area (Å²) in [4.78, 5) is 23.7. The third-order valence-electron chi connectivity index (χ3n) is 5.76. The first-order chi connectivity index (χ1) is 16.4. The lowest BCUT2D eigenvalue weighted by atomic mass is 10.1. The van der Waals surface area contributed by atoms with Gasteiger partial charge in [-0.3, -0.25) is 9.69 Å². The van der Waals surface area contributed by atoms with Crippen LogP contribution in [0.3, 0.4) is 0 Å². The lowest BCUT2D eigenvalue weighted by Crippen LogP contribution is -2.34. The number of rotatable bonds is 13. The first-order valence-electron chi connectivity index (χ1n) is 11.6. The average Bonchev–Trinajstić information content (AvgIpc) is 3.25. The van der Waals surface area contributed by atoms with Gasteiger partial charge in [0.15, 0.2) is 11.5 Å². The lowest BCUT2D eigenvalue weighted by molar-refractivity contribution is 0.0981. The largest absolute Gasteiger partial charge is 0.493 e. The van der Waals surface area contributed by atoms with Crippen LogP contribution in [0.15, 0.2) is 41.0 Å². The molecule has 0 unspecified atom stereocenters. The Morgan fingerprint density at radius 3 is 2.68 bits per heavy atom. The molecule has 7 nitrogen and oxygen atoms in total. The number of aliphatic hydroxyl groups excluding tert-OH is 1. The van der Waals surface area contributed by atoms with E-state index < -0.39 is 6.10 Å². The molecule has 3 rings (SSSR count). The van der Waals surface area contributed by atoms with Crippen molar-refractivity contribution in [2.75, 3.05) is 27.3 Å². The molecule has 0 aliphatic carbocycles. The van der Waals surface area contributed by atoms with Crippen molar-refractivity contribution in [3.05, 3.63) is 52.4 Å². The van der Waals surface area contributed by atoms with Gasteiger partial charge in [0.25, 0.3) is 5.56 Å². The van der Waals surface area contributed by atoms with Gasteiger partial charge in [0, 0.05) is 17.5 Å². The van der Waals surface area contributed by atoms with Crippen LogP contribution >= 0.6 is 11.3 Å². The lowest BCUT2D eigenvalue weighted by Gasteiger charge is -2.25. The molecule has 0 amide bonds. The average molecular weight is 486 g/mol. The maximum absolute atomic E-state index is 13.1. The second-order valence-corrected chi connectivity index (χ2v) is 9.71. The van der Waals surface area contributed by atoms with Crippen molar-refractivity contribution in [2.45, 2.75) is 45.8 Å². The van der Waals surface area contributed by atoms with E-state index in [0.717, 1.165) is 30.5 Å². The summed E-state index contributed by atoms with van der Waals surface area (Å²) in [5.74, 6) is 2.40. The van der Waals surface area contributed by atoms with E-state index in [0.29, 0.717) is 53.0 Å². The highest BCUT2D eigenvalue weighted by Crippen LogP contribution is 2.36. The maximum Gasteiger partial charge on any atom is 0.260 e. The minimum Gasteiger partial charge on any atom is -0.493 e. The molecule has 0 fully saturated rings. The Morgan fingerprint density at radius 1 is 1.24 bits per heavy atom. The molecular weight excluding hydrogens is 450 g/mol. The van der Waals surface area contributed by atoms with Gasteiger partial charge in [-0.15, -0.1) is 17.9 Å². The predicted molar refractivity (Wildman–Crippen MR) is 139 cm³/mol. The number of allylic oxidation sites excluding steroid dienone is 1. The van der Waals surface area contributed by atoms with Crippen LogP contribution in [0, 0.1) is 5.92 Å². The van der Waals surface area contributed by atoms with Crippen molar-refractivity contribution in [3.63, 3.8) is 0 Å². The summed E-state index contributed by atoms with van der Waals surface area (Å²) in [5, 5.41) is 13.0. The summed E-state index contributed by atoms with van der Waals surface area (Å²) >= 11 is 1.45. The number of aliphatic hydroxyl groups is 1. The molecule has 0 saturated heterocycles. The Morgan fingerprint density at radius 2 is 2.00 bits per heavy atom. The van der Waals surface area contributed by atoms with E-state index in [-0.39, 0.29) is 5.56 Å². The van der Waals surface area contributed by atoms with E-state index in [4.69, 9.17) is 14.5 Å². The number of nitrogens with zero attached hydrogens (tertiary/aromatic N) is 2. The summed E-state index contributed by atoms with van der Waals surface area (Å²) in [6, 6.07) is 5.61. The molecule has 0 bridgehead atoms. The zero-order chi connectivity index (χ0) is 24.7. The van der Waals surface area contributed by atoms with Gasteiger partial charge in [0.05, 0.1) is 32.3 Å². The van der Waals surface area contributed by atoms with Gasteiger partial charge >= 0.3 is 0 Å². The van der Waals surface area contributed by atoms with Crippen molar-refractivity contribution in [1.29, 1.82) is 0 Å². The van der Waals surface area contributed by atoms with Crippen LogP contribution in [0.1, 0.15) is 38.9 Å².